The number of para-hydroxylation sites is 1. The van der Waals surface area contributed by atoms with Gasteiger partial charge in [-0.1, -0.05) is 30.3 Å². The van der Waals surface area contributed by atoms with Gasteiger partial charge in [0.25, 0.3) is 0 Å². The molecule has 0 saturated carbocycles. The van der Waals surface area contributed by atoms with Gasteiger partial charge in [0.05, 0.1) is 13.7 Å². The Balaban J connectivity index is 0.00000338. The minimum atomic E-state index is 0. The van der Waals surface area contributed by atoms with E-state index in [0.717, 1.165) is 30.4 Å². The van der Waals surface area contributed by atoms with Gasteiger partial charge >= 0.3 is 0 Å². The van der Waals surface area contributed by atoms with E-state index in [0.29, 0.717) is 12.3 Å². The predicted octanol–water partition coefficient (Wildman–Crippen LogP) is 3.87. The van der Waals surface area contributed by atoms with E-state index in [4.69, 9.17) is 4.74 Å². The zero-order valence-corrected chi connectivity index (χ0v) is 18.2. The molecule has 2 aromatic rings. The average molecular weight is 487 g/mol. The lowest BCUT2D eigenvalue weighted by Gasteiger charge is -2.12. The number of ether oxygens (including phenoxy) is 1. The zero-order valence-electron chi connectivity index (χ0n) is 15.1. The maximum Gasteiger partial charge on any atom is 0.191 e. The number of hydrogen-bond acceptors (Lipinski definition) is 4. The van der Waals surface area contributed by atoms with Crippen molar-refractivity contribution in [1.82, 2.24) is 10.6 Å². The number of rotatable bonds is 8. The molecule has 5 nitrogen and oxygen atoms in total. The monoisotopic (exact) mass is 487 g/mol. The molecule has 0 atom stereocenters. The number of guanidine groups is 1. The molecule has 0 unspecified atom stereocenters. The van der Waals surface area contributed by atoms with Gasteiger partial charge in [0.15, 0.2) is 17.5 Å². The first kappa shape index (κ1) is 22.4. The Morgan fingerprint density at radius 3 is 2.58 bits per heavy atom. The second-order valence-corrected chi connectivity index (χ2v) is 6.42. The summed E-state index contributed by atoms with van der Waals surface area (Å²) in [6, 6.07) is 15.7. The number of benzene rings is 2. The molecule has 0 amide bonds. The SMILES string of the molecule is CCNC(=NCc1cccc(OC)c1O)NCCSc1ccccc1.I. The maximum absolute atomic E-state index is 10.1. The van der Waals surface area contributed by atoms with Gasteiger partial charge in [-0.15, -0.1) is 35.7 Å². The van der Waals surface area contributed by atoms with Crippen LogP contribution in [0, 0.1) is 0 Å². The van der Waals surface area contributed by atoms with Crippen molar-refractivity contribution in [3.63, 3.8) is 0 Å². The van der Waals surface area contributed by atoms with Crippen molar-refractivity contribution in [2.24, 2.45) is 4.99 Å². The van der Waals surface area contributed by atoms with E-state index in [-0.39, 0.29) is 29.7 Å². The van der Waals surface area contributed by atoms with Crippen molar-refractivity contribution >= 4 is 41.7 Å². The number of aliphatic imine (C=N–C) groups is 1. The molecule has 0 aliphatic heterocycles. The minimum Gasteiger partial charge on any atom is -0.504 e. The molecule has 0 aromatic heterocycles. The summed E-state index contributed by atoms with van der Waals surface area (Å²) in [7, 11) is 1.54. The fourth-order valence-corrected chi connectivity index (χ4v) is 3.01. The summed E-state index contributed by atoms with van der Waals surface area (Å²) in [4.78, 5) is 5.79. The standard InChI is InChI=1S/C19H25N3O2S.HI/c1-3-20-19(21-12-13-25-16-9-5-4-6-10-16)22-14-15-8-7-11-17(24-2)18(15)23;/h4-11,23H,3,12-14H2,1-2H3,(H2,20,21,22);1H. The molecular formula is C19H26IN3O2S. The number of methoxy groups -OCH3 is 1. The average Bonchev–Trinajstić information content (AvgIpc) is 2.65. The molecule has 26 heavy (non-hydrogen) atoms. The molecule has 0 radical (unpaired) electrons. The molecule has 142 valence electrons. The normalized spacial score (nSPS) is 10.8. The molecule has 7 heteroatoms. The van der Waals surface area contributed by atoms with Gasteiger partial charge < -0.3 is 20.5 Å². The van der Waals surface area contributed by atoms with E-state index >= 15 is 0 Å². The van der Waals surface area contributed by atoms with Gasteiger partial charge in [0.2, 0.25) is 0 Å². The Morgan fingerprint density at radius 1 is 1.12 bits per heavy atom. The van der Waals surface area contributed by atoms with Crippen LogP contribution in [0.4, 0.5) is 0 Å². The Morgan fingerprint density at radius 2 is 1.88 bits per heavy atom. The highest BCUT2D eigenvalue weighted by atomic mass is 127. The number of phenols is 1. The van der Waals surface area contributed by atoms with Crippen LogP contribution in [0.5, 0.6) is 11.5 Å². The summed E-state index contributed by atoms with van der Waals surface area (Å²) in [5.41, 5.74) is 0.732. The van der Waals surface area contributed by atoms with Crippen LogP contribution in [-0.4, -0.2) is 37.0 Å². The van der Waals surface area contributed by atoms with Crippen LogP contribution in [-0.2, 0) is 6.54 Å². The second kappa shape index (κ2) is 12.7. The summed E-state index contributed by atoms with van der Waals surface area (Å²) < 4.78 is 5.13. The number of hydrogen-bond donors (Lipinski definition) is 3. The van der Waals surface area contributed by atoms with Gasteiger partial charge in [-0.05, 0) is 25.1 Å². The Kier molecular flexibility index (Phi) is 11.0. The summed E-state index contributed by atoms with van der Waals surface area (Å²) >= 11 is 1.80. The molecule has 0 aliphatic carbocycles. The Bertz CT molecular complexity index is 684. The summed E-state index contributed by atoms with van der Waals surface area (Å²) in [6.45, 7) is 3.99. The first-order valence-corrected chi connectivity index (χ1v) is 9.28. The number of nitrogens with zero attached hydrogens (tertiary/aromatic N) is 1. The zero-order chi connectivity index (χ0) is 17.9. The topological polar surface area (TPSA) is 65.9 Å². The molecule has 0 aliphatic rings. The molecule has 2 rings (SSSR count). The van der Waals surface area contributed by atoms with Crippen LogP contribution in [0.25, 0.3) is 0 Å². The van der Waals surface area contributed by atoms with Gasteiger partial charge in [-0.25, -0.2) is 4.99 Å². The molecule has 3 N–H and O–H groups in total. The van der Waals surface area contributed by atoms with E-state index in [9.17, 15) is 5.11 Å². The lowest BCUT2D eigenvalue weighted by molar-refractivity contribution is 0.370. The fourth-order valence-electron chi connectivity index (χ4n) is 2.22. The third-order valence-electron chi connectivity index (χ3n) is 3.46. The van der Waals surface area contributed by atoms with E-state index in [1.807, 2.05) is 37.3 Å². The van der Waals surface area contributed by atoms with Crippen molar-refractivity contribution in [1.29, 1.82) is 0 Å². The summed E-state index contributed by atoms with van der Waals surface area (Å²) in [5, 5.41) is 16.7. The first-order chi connectivity index (χ1) is 12.2. The largest absolute Gasteiger partial charge is 0.504 e. The maximum atomic E-state index is 10.1. The summed E-state index contributed by atoms with van der Waals surface area (Å²) in [5.74, 6) is 2.28. The van der Waals surface area contributed by atoms with Crippen molar-refractivity contribution in [2.75, 3.05) is 26.0 Å². The number of nitrogens with one attached hydrogen (secondary N) is 2. The molecular weight excluding hydrogens is 461 g/mol. The molecule has 0 spiro atoms. The van der Waals surface area contributed by atoms with Crippen molar-refractivity contribution in [2.45, 2.75) is 18.4 Å². The Hall–Kier alpha value is -1.61. The minimum absolute atomic E-state index is 0. The van der Waals surface area contributed by atoms with Crippen LogP contribution < -0.4 is 15.4 Å². The number of thioether (sulfide) groups is 1. The Labute approximate surface area is 176 Å². The second-order valence-electron chi connectivity index (χ2n) is 5.25. The smallest absolute Gasteiger partial charge is 0.191 e. The van der Waals surface area contributed by atoms with Crippen LogP contribution in [0.1, 0.15) is 12.5 Å². The lowest BCUT2D eigenvalue weighted by Crippen LogP contribution is -2.38. The highest BCUT2D eigenvalue weighted by molar-refractivity contribution is 14.0. The van der Waals surface area contributed by atoms with Crippen LogP contribution in [0.3, 0.4) is 0 Å². The number of phenolic OH excluding ortho intramolecular Hbond substituents is 1. The van der Waals surface area contributed by atoms with Gasteiger partial charge in [0.1, 0.15) is 0 Å². The van der Waals surface area contributed by atoms with Crippen molar-refractivity contribution < 1.29 is 9.84 Å². The van der Waals surface area contributed by atoms with Crippen LogP contribution in [0.15, 0.2) is 58.4 Å². The fraction of sp³-hybridized carbons (Fsp3) is 0.316. The molecule has 0 bridgehead atoms. The van der Waals surface area contributed by atoms with E-state index < -0.39 is 0 Å². The molecule has 2 aromatic carbocycles. The van der Waals surface area contributed by atoms with Gasteiger partial charge in [-0.3, -0.25) is 0 Å². The van der Waals surface area contributed by atoms with E-state index in [2.05, 4.69) is 27.8 Å². The highest BCUT2D eigenvalue weighted by Crippen LogP contribution is 2.29. The van der Waals surface area contributed by atoms with Gasteiger partial charge in [-0.2, -0.15) is 0 Å². The molecule has 0 fully saturated rings. The lowest BCUT2D eigenvalue weighted by atomic mass is 10.2. The van der Waals surface area contributed by atoms with E-state index in [1.54, 1.807) is 17.8 Å². The van der Waals surface area contributed by atoms with E-state index in [1.165, 1.54) is 12.0 Å². The quantitative estimate of drug-likeness (QED) is 0.174. The van der Waals surface area contributed by atoms with Gasteiger partial charge in [0, 0.05) is 29.3 Å². The third-order valence-corrected chi connectivity index (χ3v) is 4.47. The number of aromatic hydroxyl groups is 1. The van der Waals surface area contributed by atoms with Crippen LogP contribution in [0.2, 0.25) is 0 Å². The molecule has 0 heterocycles. The molecule has 0 saturated heterocycles. The first-order valence-electron chi connectivity index (χ1n) is 8.29. The summed E-state index contributed by atoms with van der Waals surface area (Å²) in [6.07, 6.45) is 0. The highest BCUT2D eigenvalue weighted by Gasteiger charge is 2.07. The van der Waals surface area contributed by atoms with Crippen LogP contribution >= 0.6 is 35.7 Å². The van der Waals surface area contributed by atoms with Crippen molar-refractivity contribution in [3.8, 4) is 11.5 Å². The number of halogens is 1. The predicted molar refractivity (Wildman–Crippen MR) is 120 cm³/mol. The van der Waals surface area contributed by atoms with Crippen molar-refractivity contribution in [3.05, 3.63) is 54.1 Å². The third kappa shape index (κ3) is 7.33.